The van der Waals surface area contributed by atoms with E-state index in [1.165, 1.54) is 11.8 Å². The first kappa shape index (κ1) is 12.5. The van der Waals surface area contributed by atoms with Crippen molar-refractivity contribution >= 4 is 17.7 Å². The summed E-state index contributed by atoms with van der Waals surface area (Å²) in [6, 6.07) is 3.94. The summed E-state index contributed by atoms with van der Waals surface area (Å²) in [6.07, 6.45) is 0. The summed E-state index contributed by atoms with van der Waals surface area (Å²) in [6.45, 7) is 5.41. The number of rotatable bonds is 3. The molecule has 1 aromatic heterocycles. The molecule has 0 fully saturated rings. The minimum atomic E-state index is -0.408. The van der Waals surface area contributed by atoms with Gasteiger partial charge in [-0.1, -0.05) is 11.8 Å². The van der Waals surface area contributed by atoms with Crippen molar-refractivity contribution in [3.63, 3.8) is 0 Å². The number of pyridine rings is 1. The fourth-order valence-electron chi connectivity index (χ4n) is 1.25. The molecule has 0 radical (unpaired) electrons. The summed E-state index contributed by atoms with van der Waals surface area (Å²) in [7, 11) is 0. The van der Waals surface area contributed by atoms with Gasteiger partial charge in [0.2, 0.25) is 5.91 Å². The van der Waals surface area contributed by atoms with Crippen LogP contribution in [0.5, 0.6) is 0 Å². The van der Waals surface area contributed by atoms with Crippen molar-refractivity contribution in [3.8, 4) is 6.07 Å². The zero-order chi connectivity index (χ0) is 12.3. The highest BCUT2D eigenvalue weighted by atomic mass is 32.2. The molecular weight excluding hydrogens is 222 g/mol. The van der Waals surface area contributed by atoms with Crippen molar-refractivity contribution in [2.24, 2.45) is 5.73 Å². The smallest absolute Gasteiger partial charge is 0.230 e. The van der Waals surface area contributed by atoms with Crippen LogP contribution in [0, 0.1) is 25.2 Å². The Morgan fingerprint density at radius 1 is 1.62 bits per heavy atom. The second kappa shape index (κ2) is 4.99. The molecule has 5 heteroatoms. The second-order valence-electron chi connectivity index (χ2n) is 3.53. The number of hydrogen-bond acceptors (Lipinski definition) is 4. The molecule has 0 unspecified atom stereocenters. The molecule has 0 saturated carbocycles. The van der Waals surface area contributed by atoms with E-state index in [0.717, 1.165) is 11.3 Å². The van der Waals surface area contributed by atoms with Crippen molar-refractivity contribution < 1.29 is 4.79 Å². The third-order valence-electron chi connectivity index (χ3n) is 2.11. The van der Waals surface area contributed by atoms with Gasteiger partial charge < -0.3 is 5.73 Å². The second-order valence-corrected chi connectivity index (χ2v) is 4.86. The summed E-state index contributed by atoms with van der Waals surface area (Å²) in [5.41, 5.74) is 7.40. The van der Waals surface area contributed by atoms with Crippen LogP contribution in [0.25, 0.3) is 0 Å². The van der Waals surface area contributed by atoms with Crippen molar-refractivity contribution in [2.45, 2.75) is 31.0 Å². The van der Waals surface area contributed by atoms with Crippen molar-refractivity contribution in [1.29, 1.82) is 5.26 Å². The molecule has 1 atom stereocenters. The highest BCUT2D eigenvalue weighted by molar-refractivity contribution is 8.00. The minimum Gasteiger partial charge on any atom is -0.369 e. The quantitative estimate of drug-likeness (QED) is 0.806. The van der Waals surface area contributed by atoms with Crippen LogP contribution in [0.1, 0.15) is 23.7 Å². The SMILES string of the molecule is Cc1cc(C)c(C#N)c(S[C@@H](C)C(N)=O)n1. The number of nitrogens with two attached hydrogens (primary N) is 1. The van der Waals surface area contributed by atoms with Crippen LogP contribution in [0.4, 0.5) is 0 Å². The lowest BCUT2D eigenvalue weighted by molar-refractivity contribution is -0.117. The number of nitriles is 1. The highest BCUT2D eigenvalue weighted by Crippen LogP contribution is 2.26. The van der Waals surface area contributed by atoms with Gasteiger partial charge in [0.05, 0.1) is 10.8 Å². The van der Waals surface area contributed by atoms with Crippen LogP contribution >= 0.6 is 11.8 Å². The summed E-state index contributed by atoms with van der Waals surface area (Å²) >= 11 is 1.22. The van der Waals surface area contributed by atoms with Gasteiger partial charge in [-0.25, -0.2) is 4.98 Å². The van der Waals surface area contributed by atoms with Gasteiger partial charge in [0.15, 0.2) is 0 Å². The largest absolute Gasteiger partial charge is 0.369 e. The number of amides is 1. The molecular formula is C11H13N3OS. The molecule has 0 aliphatic rings. The fraction of sp³-hybridized carbons (Fsp3) is 0.364. The van der Waals surface area contributed by atoms with E-state index in [9.17, 15) is 4.79 Å². The molecule has 0 aromatic carbocycles. The summed E-state index contributed by atoms with van der Waals surface area (Å²) in [4.78, 5) is 15.2. The lowest BCUT2D eigenvalue weighted by Crippen LogP contribution is -2.22. The Kier molecular flexibility index (Phi) is 3.91. The fourth-order valence-corrected chi connectivity index (χ4v) is 2.22. The standard InChI is InChI=1S/C11H13N3OS/c1-6-4-7(2)14-11(9(6)5-12)16-8(3)10(13)15/h4,8H,1-3H3,(H2,13,15)/t8-/m0/s1. The van der Waals surface area contributed by atoms with Crippen LogP contribution in [0.2, 0.25) is 0 Å². The van der Waals surface area contributed by atoms with Crippen LogP contribution < -0.4 is 5.73 Å². The van der Waals surface area contributed by atoms with Crippen LogP contribution in [0.15, 0.2) is 11.1 Å². The normalized spacial score (nSPS) is 11.9. The van der Waals surface area contributed by atoms with E-state index in [4.69, 9.17) is 11.0 Å². The monoisotopic (exact) mass is 235 g/mol. The van der Waals surface area contributed by atoms with Crippen LogP contribution in [-0.4, -0.2) is 16.1 Å². The van der Waals surface area contributed by atoms with E-state index >= 15 is 0 Å². The van der Waals surface area contributed by atoms with Gasteiger partial charge in [-0.3, -0.25) is 4.79 Å². The molecule has 0 aliphatic heterocycles. The predicted octanol–water partition coefficient (Wildman–Crippen LogP) is 1.54. The lowest BCUT2D eigenvalue weighted by atomic mass is 10.1. The van der Waals surface area contributed by atoms with Crippen molar-refractivity contribution in [1.82, 2.24) is 4.98 Å². The molecule has 1 aromatic rings. The Morgan fingerprint density at radius 3 is 2.75 bits per heavy atom. The van der Waals surface area contributed by atoms with Gasteiger partial charge in [0.25, 0.3) is 0 Å². The number of nitrogens with zero attached hydrogens (tertiary/aromatic N) is 2. The third-order valence-corrected chi connectivity index (χ3v) is 3.22. The maximum atomic E-state index is 11.0. The highest BCUT2D eigenvalue weighted by Gasteiger charge is 2.16. The molecule has 4 nitrogen and oxygen atoms in total. The maximum Gasteiger partial charge on any atom is 0.230 e. The molecule has 0 aliphatic carbocycles. The number of primary amides is 1. The van der Waals surface area contributed by atoms with Gasteiger partial charge in [-0.05, 0) is 32.4 Å². The van der Waals surface area contributed by atoms with Gasteiger partial charge >= 0.3 is 0 Å². The predicted molar refractivity (Wildman–Crippen MR) is 62.9 cm³/mol. The molecule has 0 spiro atoms. The molecule has 1 rings (SSSR count). The van der Waals surface area contributed by atoms with E-state index in [0.29, 0.717) is 10.6 Å². The molecule has 2 N–H and O–H groups in total. The van der Waals surface area contributed by atoms with E-state index in [1.807, 2.05) is 19.9 Å². The maximum absolute atomic E-state index is 11.0. The van der Waals surface area contributed by atoms with Crippen molar-refractivity contribution in [2.75, 3.05) is 0 Å². The molecule has 0 bridgehead atoms. The average molecular weight is 235 g/mol. The zero-order valence-corrected chi connectivity index (χ0v) is 10.3. The number of thioether (sulfide) groups is 1. The summed E-state index contributed by atoms with van der Waals surface area (Å²) < 4.78 is 0. The van der Waals surface area contributed by atoms with E-state index in [2.05, 4.69) is 11.1 Å². The number of carbonyl (C=O) groups is 1. The summed E-state index contributed by atoms with van der Waals surface area (Å²) in [5, 5.41) is 9.21. The first-order valence-electron chi connectivity index (χ1n) is 4.80. The van der Waals surface area contributed by atoms with Crippen molar-refractivity contribution in [3.05, 3.63) is 22.9 Å². The van der Waals surface area contributed by atoms with Gasteiger partial charge in [-0.2, -0.15) is 5.26 Å². The number of aryl methyl sites for hydroxylation is 2. The van der Waals surface area contributed by atoms with Crippen LogP contribution in [0.3, 0.4) is 0 Å². The molecule has 1 amide bonds. The Balaban J connectivity index is 3.13. The zero-order valence-electron chi connectivity index (χ0n) is 9.44. The molecule has 1 heterocycles. The van der Waals surface area contributed by atoms with E-state index < -0.39 is 5.91 Å². The Labute approximate surface area is 98.9 Å². The lowest BCUT2D eigenvalue weighted by Gasteiger charge is -2.10. The Hall–Kier alpha value is -1.54. The molecule has 84 valence electrons. The van der Waals surface area contributed by atoms with Gasteiger partial charge in [0, 0.05) is 5.69 Å². The van der Waals surface area contributed by atoms with Gasteiger partial charge in [0.1, 0.15) is 11.1 Å². The first-order valence-corrected chi connectivity index (χ1v) is 5.68. The van der Waals surface area contributed by atoms with E-state index in [-0.39, 0.29) is 5.25 Å². The minimum absolute atomic E-state index is 0.388. The number of carbonyl (C=O) groups excluding carboxylic acids is 1. The number of hydrogen-bond donors (Lipinski definition) is 1. The van der Waals surface area contributed by atoms with Crippen LogP contribution in [-0.2, 0) is 4.79 Å². The first-order chi connectivity index (χ1) is 7.45. The third kappa shape index (κ3) is 2.74. The van der Waals surface area contributed by atoms with E-state index in [1.54, 1.807) is 6.92 Å². The average Bonchev–Trinajstić information content (AvgIpc) is 2.16. The Morgan fingerprint density at radius 2 is 2.25 bits per heavy atom. The Bertz CT molecular complexity index is 465. The van der Waals surface area contributed by atoms with Gasteiger partial charge in [-0.15, -0.1) is 0 Å². The summed E-state index contributed by atoms with van der Waals surface area (Å²) in [5.74, 6) is -0.408. The number of aromatic nitrogens is 1. The topological polar surface area (TPSA) is 79.8 Å². The molecule has 0 saturated heterocycles. The molecule has 16 heavy (non-hydrogen) atoms.